The molecular weight excluding hydrogens is 278 g/mol. The van der Waals surface area contributed by atoms with Gasteiger partial charge < -0.3 is 9.73 Å². The zero-order valence-electron chi connectivity index (χ0n) is 10.0. The van der Waals surface area contributed by atoms with E-state index >= 15 is 0 Å². The maximum Gasteiger partial charge on any atom is 0.0935 e. The smallest absolute Gasteiger partial charge is 0.0935 e. The molecule has 17 heavy (non-hydrogen) atoms. The van der Waals surface area contributed by atoms with Crippen LogP contribution in [0.5, 0.6) is 0 Å². The van der Waals surface area contributed by atoms with Gasteiger partial charge in [0.1, 0.15) is 0 Å². The Morgan fingerprint density at radius 2 is 2.18 bits per heavy atom. The van der Waals surface area contributed by atoms with Crippen molar-refractivity contribution in [2.24, 2.45) is 0 Å². The number of nitrogens with one attached hydrogen (secondary N) is 1. The van der Waals surface area contributed by atoms with Crippen molar-refractivity contribution in [1.82, 2.24) is 5.32 Å². The molecule has 0 saturated heterocycles. The van der Waals surface area contributed by atoms with Crippen LogP contribution in [-0.4, -0.2) is 7.05 Å². The van der Waals surface area contributed by atoms with Gasteiger partial charge in [-0.3, -0.25) is 0 Å². The third-order valence-electron chi connectivity index (χ3n) is 2.97. The number of rotatable bonds is 4. The van der Waals surface area contributed by atoms with Gasteiger partial charge in [0.15, 0.2) is 0 Å². The van der Waals surface area contributed by atoms with E-state index in [1.807, 2.05) is 13.1 Å². The first-order valence-electron chi connectivity index (χ1n) is 5.65. The molecular formula is C14H16BrNO. The Morgan fingerprint density at radius 3 is 2.76 bits per heavy atom. The van der Waals surface area contributed by atoms with Gasteiger partial charge in [-0.2, -0.15) is 0 Å². The van der Waals surface area contributed by atoms with Gasteiger partial charge in [-0.15, -0.1) is 0 Å². The van der Waals surface area contributed by atoms with Gasteiger partial charge in [-0.1, -0.05) is 28.1 Å². The average Bonchev–Trinajstić information content (AvgIpc) is 2.82. The summed E-state index contributed by atoms with van der Waals surface area (Å²) >= 11 is 3.58. The fourth-order valence-corrected chi connectivity index (χ4v) is 2.25. The molecule has 0 spiro atoms. The highest BCUT2D eigenvalue weighted by Gasteiger charge is 2.11. The second-order valence-electron chi connectivity index (χ2n) is 4.19. The first-order chi connectivity index (χ1) is 8.20. The Hall–Kier alpha value is -1.06. The van der Waals surface area contributed by atoms with Crippen LogP contribution in [0.2, 0.25) is 0 Å². The second-order valence-corrected chi connectivity index (χ2v) is 5.04. The van der Waals surface area contributed by atoms with Crippen molar-refractivity contribution in [3.8, 4) is 0 Å². The van der Waals surface area contributed by atoms with Crippen LogP contribution in [0.1, 0.15) is 22.7 Å². The average molecular weight is 294 g/mol. The molecule has 1 aromatic carbocycles. The standard InChI is InChI=1S/C14H16BrNO/c1-10-3-4-12(8-13(10)15)14(16-2)7-11-5-6-17-9-11/h3-6,8-9,14,16H,7H2,1-2H3. The van der Waals surface area contributed by atoms with Crippen molar-refractivity contribution >= 4 is 15.9 Å². The number of furan rings is 1. The molecule has 0 saturated carbocycles. The van der Waals surface area contributed by atoms with Gasteiger partial charge >= 0.3 is 0 Å². The molecule has 0 aliphatic rings. The zero-order chi connectivity index (χ0) is 12.3. The Labute approximate surface area is 110 Å². The Balaban J connectivity index is 2.20. The van der Waals surface area contributed by atoms with Crippen LogP contribution in [0.25, 0.3) is 0 Å². The summed E-state index contributed by atoms with van der Waals surface area (Å²) in [4.78, 5) is 0. The number of benzene rings is 1. The highest BCUT2D eigenvalue weighted by molar-refractivity contribution is 9.10. The minimum absolute atomic E-state index is 0.310. The van der Waals surface area contributed by atoms with Crippen molar-refractivity contribution < 1.29 is 4.42 Å². The number of hydrogen-bond donors (Lipinski definition) is 1. The van der Waals surface area contributed by atoms with E-state index in [2.05, 4.69) is 46.4 Å². The molecule has 2 aromatic rings. The molecule has 90 valence electrons. The summed E-state index contributed by atoms with van der Waals surface area (Å²) in [7, 11) is 1.98. The number of likely N-dealkylation sites (N-methyl/N-ethyl adjacent to an activating group) is 1. The van der Waals surface area contributed by atoms with Crippen LogP contribution < -0.4 is 5.32 Å². The minimum atomic E-state index is 0.310. The highest BCUT2D eigenvalue weighted by atomic mass is 79.9. The molecule has 2 nitrogen and oxygen atoms in total. The van der Waals surface area contributed by atoms with Crippen molar-refractivity contribution in [3.63, 3.8) is 0 Å². The first kappa shape index (κ1) is 12.4. The third kappa shape index (κ3) is 2.99. The van der Waals surface area contributed by atoms with E-state index in [-0.39, 0.29) is 0 Å². The van der Waals surface area contributed by atoms with E-state index in [0.29, 0.717) is 6.04 Å². The van der Waals surface area contributed by atoms with Gasteiger partial charge in [0.2, 0.25) is 0 Å². The van der Waals surface area contributed by atoms with Gasteiger partial charge in [-0.25, -0.2) is 0 Å². The van der Waals surface area contributed by atoms with Crippen molar-refractivity contribution in [1.29, 1.82) is 0 Å². The predicted molar refractivity (Wildman–Crippen MR) is 73.1 cm³/mol. The van der Waals surface area contributed by atoms with Crippen LogP contribution in [-0.2, 0) is 6.42 Å². The van der Waals surface area contributed by atoms with Crippen molar-refractivity contribution in [2.45, 2.75) is 19.4 Å². The molecule has 0 amide bonds. The quantitative estimate of drug-likeness (QED) is 0.926. The van der Waals surface area contributed by atoms with Crippen LogP contribution in [0.3, 0.4) is 0 Å². The maximum atomic E-state index is 5.10. The molecule has 1 unspecified atom stereocenters. The monoisotopic (exact) mass is 293 g/mol. The maximum absolute atomic E-state index is 5.10. The molecule has 1 N–H and O–H groups in total. The van der Waals surface area contributed by atoms with Gasteiger partial charge in [0.05, 0.1) is 12.5 Å². The Morgan fingerprint density at radius 1 is 1.35 bits per heavy atom. The topological polar surface area (TPSA) is 25.2 Å². The summed E-state index contributed by atoms with van der Waals surface area (Å²) in [6.45, 7) is 2.10. The van der Waals surface area contributed by atoms with Crippen LogP contribution >= 0.6 is 15.9 Å². The van der Waals surface area contributed by atoms with Crippen LogP contribution in [0.15, 0.2) is 45.7 Å². The predicted octanol–water partition coefficient (Wildman–Crippen LogP) is 3.85. The van der Waals surface area contributed by atoms with E-state index < -0.39 is 0 Å². The lowest BCUT2D eigenvalue weighted by Gasteiger charge is -2.16. The van der Waals surface area contributed by atoms with Crippen molar-refractivity contribution in [2.75, 3.05) is 7.05 Å². The summed E-state index contributed by atoms with van der Waals surface area (Å²) in [5.74, 6) is 0. The fourth-order valence-electron chi connectivity index (χ4n) is 1.86. The lowest BCUT2D eigenvalue weighted by Crippen LogP contribution is -2.18. The van der Waals surface area contributed by atoms with Gasteiger partial charge in [0, 0.05) is 10.5 Å². The molecule has 0 bridgehead atoms. The van der Waals surface area contributed by atoms with Crippen LogP contribution in [0, 0.1) is 6.92 Å². The molecule has 1 atom stereocenters. The molecule has 1 aromatic heterocycles. The largest absolute Gasteiger partial charge is 0.472 e. The summed E-state index contributed by atoms with van der Waals surface area (Å²) in [6, 6.07) is 8.80. The fraction of sp³-hybridized carbons (Fsp3) is 0.286. The van der Waals surface area contributed by atoms with E-state index in [9.17, 15) is 0 Å². The number of hydrogen-bond acceptors (Lipinski definition) is 2. The molecule has 0 radical (unpaired) electrons. The molecule has 1 heterocycles. The normalized spacial score (nSPS) is 12.6. The van der Waals surface area contributed by atoms with E-state index in [0.717, 1.165) is 10.9 Å². The summed E-state index contributed by atoms with van der Waals surface area (Å²) in [5.41, 5.74) is 3.75. The molecule has 0 aliphatic carbocycles. The van der Waals surface area contributed by atoms with E-state index in [1.54, 1.807) is 12.5 Å². The van der Waals surface area contributed by atoms with Gasteiger partial charge in [-0.05, 0) is 49.2 Å². The summed E-state index contributed by atoms with van der Waals surface area (Å²) in [6.07, 6.45) is 4.45. The highest BCUT2D eigenvalue weighted by Crippen LogP contribution is 2.24. The Bertz CT molecular complexity index is 479. The first-order valence-corrected chi connectivity index (χ1v) is 6.44. The SMILES string of the molecule is CNC(Cc1ccoc1)c1ccc(C)c(Br)c1. The van der Waals surface area contributed by atoms with Crippen LogP contribution in [0.4, 0.5) is 0 Å². The number of aryl methyl sites for hydroxylation is 1. The molecule has 3 heteroatoms. The minimum Gasteiger partial charge on any atom is -0.472 e. The van der Waals surface area contributed by atoms with E-state index in [1.165, 1.54) is 16.7 Å². The second kappa shape index (κ2) is 5.52. The number of halogens is 1. The summed E-state index contributed by atoms with van der Waals surface area (Å²) < 4.78 is 6.26. The molecule has 0 aliphatic heterocycles. The van der Waals surface area contributed by atoms with Gasteiger partial charge in [0.25, 0.3) is 0 Å². The Kier molecular flexibility index (Phi) is 4.02. The zero-order valence-corrected chi connectivity index (χ0v) is 11.6. The molecule has 0 fully saturated rings. The molecule has 2 rings (SSSR count). The van der Waals surface area contributed by atoms with Crippen molar-refractivity contribution in [3.05, 3.63) is 58.0 Å². The summed E-state index contributed by atoms with van der Waals surface area (Å²) in [5, 5.41) is 3.34. The lowest BCUT2D eigenvalue weighted by molar-refractivity contribution is 0.551. The third-order valence-corrected chi connectivity index (χ3v) is 3.82. The van der Waals surface area contributed by atoms with E-state index in [4.69, 9.17) is 4.42 Å². The lowest BCUT2D eigenvalue weighted by atomic mass is 10.00.